The molecule has 23 heavy (non-hydrogen) atoms. The fraction of sp³-hybridized carbons (Fsp3) is 0.0667. The molecule has 0 spiro atoms. The number of hydrogen-bond acceptors (Lipinski definition) is 5. The molecule has 0 atom stereocenters. The monoisotopic (exact) mass is 315 g/mol. The van der Waals surface area contributed by atoms with Crippen molar-refractivity contribution < 1.29 is 19.6 Å². The summed E-state index contributed by atoms with van der Waals surface area (Å²) in [6.07, 6.45) is 0. The number of nitro benzene ring substituents is 1. The first-order valence-corrected chi connectivity index (χ1v) is 6.53. The van der Waals surface area contributed by atoms with Crippen molar-refractivity contribution in [1.82, 2.24) is 0 Å². The first-order valence-electron chi connectivity index (χ1n) is 6.53. The molecule has 8 heteroatoms. The van der Waals surface area contributed by atoms with Crippen LogP contribution in [0.2, 0.25) is 0 Å². The van der Waals surface area contributed by atoms with Crippen molar-refractivity contribution in [1.29, 1.82) is 0 Å². The number of hydrogen-bond donors (Lipinski definition) is 3. The van der Waals surface area contributed by atoms with E-state index in [0.29, 0.717) is 0 Å². The van der Waals surface area contributed by atoms with E-state index in [1.54, 1.807) is 13.0 Å². The number of anilines is 2. The van der Waals surface area contributed by atoms with Crippen LogP contribution in [0.3, 0.4) is 0 Å². The average Bonchev–Trinajstić information content (AvgIpc) is 2.50. The van der Waals surface area contributed by atoms with Crippen LogP contribution in [-0.2, 0) is 9.59 Å². The van der Waals surface area contributed by atoms with Gasteiger partial charge in [-0.1, -0.05) is 6.07 Å². The Kier molecular flexibility index (Phi) is 4.55. The van der Waals surface area contributed by atoms with E-state index in [0.717, 1.165) is 5.56 Å². The van der Waals surface area contributed by atoms with Gasteiger partial charge in [0.05, 0.1) is 10.6 Å². The highest BCUT2D eigenvalue weighted by Gasteiger charge is 2.16. The molecule has 0 radical (unpaired) electrons. The summed E-state index contributed by atoms with van der Waals surface area (Å²) in [4.78, 5) is 33.5. The number of phenols is 1. The van der Waals surface area contributed by atoms with E-state index in [9.17, 15) is 24.8 Å². The second-order valence-electron chi connectivity index (χ2n) is 4.73. The Balaban J connectivity index is 2.02. The zero-order valence-electron chi connectivity index (χ0n) is 12.1. The number of benzene rings is 2. The lowest BCUT2D eigenvalue weighted by Crippen LogP contribution is -2.29. The topological polar surface area (TPSA) is 122 Å². The van der Waals surface area contributed by atoms with Crippen LogP contribution >= 0.6 is 0 Å². The Labute approximate surface area is 130 Å². The maximum absolute atomic E-state index is 11.8. The summed E-state index contributed by atoms with van der Waals surface area (Å²) in [5.41, 5.74) is 1.02. The first kappa shape index (κ1) is 16.0. The highest BCUT2D eigenvalue weighted by molar-refractivity contribution is 6.43. The summed E-state index contributed by atoms with van der Waals surface area (Å²) in [7, 11) is 0. The van der Waals surface area contributed by atoms with Crippen molar-refractivity contribution in [3.05, 3.63) is 58.1 Å². The second kappa shape index (κ2) is 6.56. The van der Waals surface area contributed by atoms with Crippen molar-refractivity contribution in [2.45, 2.75) is 6.92 Å². The number of aromatic hydroxyl groups is 1. The van der Waals surface area contributed by atoms with Crippen LogP contribution < -0.4 is 10.6 Å². The number of phenolic OH excluding ortho intramolecular Hbond substituents is 1. The van der Waals surface area contributed by atoms with Gasteiger partial charge in [-0.05, 0) is 36.8 Å². The normalized spacial score (nSPS) is 9.96. The molecule has 0 aliphatic carbocycles. The Morgan fingerprint density at radius 1 is 1.04 bits per heavy atom. The molecular weight excluding hydrogens is 302 g/mol. The minimum absolute atomic E-state index is 0.111. The SMILES string of the molecule is Cc1ccc(NC(=O)C(=O)Nc2ccc([N+](=O)[O-])cc2)c(O)c1. The van der Waals surface area contributed by atoms with Gasteiger partial charge in [0.25, 0.3) is 5.69 Å². The van der Waals surface area contributed by atoms with Gasteiger partial charge in [0.1, 0.15) is 5.75 Å². The predicted molar refractivity (Wildman–Crippen MR) is 83.2 cm³/mol. The summed E-state index contributed by atoms with van der Waals surface area (Å²) >= 11 is 0. The van der Waals surface area contributed by atoms with Gasteiger partial charge in [-0.2, -0.15) is 0 Å². The van der Waals surface area contributed by atoms with Crippen LogP contribution in [0.4, 0.5) is 17.1 Å². The van der Waals surface area contributed by atoms with Gasteiger partial charge in [0.2, 0.25) is 0 Å². The molecule has 0 aromatic heterocycles. The molecule has 118 valence electrons. The molecule has 0 aliphatic rings. The zero-order chi connectivity index (χ0) is 17.0. The molecule has 2 amide bonds. The van der Waals surface area contributed by atoms with Crippen LogP contribution in [0.5, 0.6) is 5.75 Å². The van der Waals surface area contributed by atoms with E-state index in [1.165, 1.54) is 36.4 Å². The standard InChI is InChI=1S/C15H13N3O5/c1-9-2-7-12(13(19)8-9)17-15(21)14(20)16-10-3-5-11(6-4-10)18(22)23/h2-8,19H,1H3,(H,16,20)(H,17,21). The maximum Gasteiger partial charge on any atom is 0.314 e. The lowest BCUT2D eigenvalue weighted by atomic mass is 10.2. The Morgan fingerprint density at radius 2 is 1.65 bits per heavy atom. The summed E-state index contributed by atoms with van der Waals surface area (Å²) in [6.45, 7) is 1.77. The van der Waals surface area contributed by atoms with Crippen LogP contribution in [0.15, 0.2) is 42.5 Å². The molecule has 0 unspecified atom stereocenters. The molecule has 3 N–H and O–H groups in total. The zero-order valence-corrected chi connectivity index (χ0v) is 12.1. The van der Waals surface area contributed by atoms with Gasteiger partial charge < -0.3 is 15.7 Å². The van der Waals surface area contributed by atoms with E-state index >= 15 is 0 Å². The molecule has 0 bridgehead atoms. The van der Waals surface area contributed by atoms with Gasteiger partial charge in [0, 0.05) is 17.8 Å². The number of carbonyl (C=O) groups is 2. The minimum atomic E-state index is -0.970. The van der Waals surface area contributed by atoms with Gasteiger partial charge >= 0.3 is 11.8 Å². The highest BCUT2D eigenvalue weighted by atomic mass is 16.6. The Bertz CT molecular complexity index is 771. The van der Waals surface area contributed by atoms with E-state index in [4.69, 9.17) is 0 Å². The molecule has 0 heterocycles. The Morgan fingerprint density at radius 3 is 2.22 bits per heavy atom. The van der Waals surface area contributed by atoms with Crippen molar-refractivity contribution in [2.24, 2.45) is 0 Å². The molecule has 2 aromatic carbocycles. The summed E-state index contributed by atoms with van der Waals surface area (Å²) in [6, 6.07) is 9.63. The quantitative estimate of drug-likeness (QED) is 0.347. The van der Waals surface area contributed by atoms with Crippen molar-refractivity contribution in [3.8, 4) is 5.75 Å². The van der Waals surface area contributed by atoms with Gasteiger partial charge in [0.15, 0.2) is 0 Å². The Hall–Kier alpha value is -3.42. The molecular formula is C15H13N3O5. The molecule has 8 nitrogen and oxygen atoms in total. The lowest BCUT2D eigenvalue weighted by molar-refractivity contribution is -0.384. The number of non-ortho nitro benzene ring substituents is 1. The largest absolute Gasteiger partial charge is 0.506 e. The maximum atomic E-state index is 11.8. The molecule has 0 aliphatic heterocycles. The van der Waals surface area contributed by atoms with E-state index in [2.05, 4.69) is 10.6 Å². The lowest BCUT2D eigenvalue weighted by Gasteiger charge is -2.08. The summed E-state index contributed by atoms with van der Waals surface area (Å²) in [5.74, 6) is -2.08. The summed E-state index contributed by atoms with van der Waals surface area (Å²) < 4.78 is 0. The molecule has 0 fully saturated rings. The predicted octanol–water partition coefficient (Wildman–Crippen LogP) is 2.19. The third-order valence-corrected chi connectivity index (χ3v) is 2.94. The number of carbonyl (C=O) groups excluding carboxylic acids is 2. The van der Waals surface area contributed by atoms with Crippen LogP contribution in [0, 0.1) is 17.0 Å². The third-order valence-electron chi connectivity index (χ3n) is 2.94. The molecule has 2 rings (SSSR count). The smallest absolute Gasteiger partial charge is 0.314 e. The number of amides is 2. The van der Waals surface area contributed by atoms with E-state index < -0.39 is 16.7 Å². The van der Waals surface area contributed by atoms with Crippen LogP contribution in [-0.4, -0.2) is 21.8 Å². The third kappa shape index (κ3) is 4.03. The first-order chi connectivity index (χ1) is 10.9. The van der Waals surface area contributed by atoms with Crippen molar-refractivity contribution in [2.75, 3.05) is 10.6 Å². The minimum Gasteiger partial charge on any atom is -0.506 e. The average molecular weight is 315 g/mol. The van der Waals surface area contributed by atoms with Crippen LogP contribution in [0.25, 0.3) is 0 Å². The second-order valence-corrected chi connectivity index (χ2v) is 4.73. The number of nitrogens with one attached hydrogen (secondary N) is 2. The van der Waals surface area contributed by atoms with Gasteiger partial charge in [-0.3, -0.25) is 19.7 Å². The molecule has 0 saturated carbocycles. The van der Waals surface area contributed by atoms with Crippen LogP contribution in [0.1, 0.15) is 5.56 Å². The van der Waals surface area contributed by atoms with Gasteiger partial charge in [-0.25, -0.2) is 0 Å². The number of rotatable bonds is 3. The molecule has 0 saturated heterocycles. The van der Waals surface area contributed by atoms with E-state index in [-0.39, 0.29) is 22.8 Å². The fourth-order valence-corrected chi connectivity index (χ4v) is 1.78. The van der Waals surface area contributed by atoms with E-state index in [1.807, 2.05) is 0 Å². The number of nitrogens with zero attached hydrogens (tertiary/aromatic N) is 1. The van der Waals surface area contributed by atoms with Crippen molar-refractivity contribution >= 4 is 28.9 Å². The number of nitro groups is 1. The highest BCUT2D eigenvalue weighted by Crippen LogP contribution is 2.23. The molecule has 2 aromatic rings. The van der Waals surface area contributed by atoms with Gasteiger partial charge in [-0.15, -0.1) is 0 Å². The fourth-order valence-electron chi connectivity index (χ4n) is 1.78. The van der Waals surface area contributed by atoms with Crippen molar-refractivity contribution in [3.63, 3.8) is 0 Å². The number of aryl methyl sites for hydroxylation is 1. The summed E-state index contributed by atoms with van der Waals surface area (Å²) in [5, 5.41) is 24.8.